The Morgan fingerprint density at radius 2 is 2.10 bits per heavy atom. The number of nitrogens with two attached hydrogens (primary N) is 1. The maximum Gasteiger partial charge on any atom is 0.241 e. The largest absolute Gasteiger partial charge is 0.326 e. The van der Waals surface area contributed by atoms with Crippen molar-refractivity contribution in [3.05, 3.63) is 15.8 Å². The van der Waals surface area contributed by atoms with E-state index in [1.54, 1.807) is 0 Å². The summed E-state index contributed by atoms with van der Waals surface area (Å²) in [7, 11) is -3.44. The molecule has 0 spiro atoms. The smallest absolute Gasteiger partial charge is 0.241 e. The van der Waals surface area contributed by atoms with Gasteiger partial charge in [-0.15, -0.1) is 11.3 Å². The predicted octanol–water partition coefficient (Wildman–Crippen LogP) is 3.01. The van der Waals surface area contributed by atoms with Crippen molar-refractivity contribution in [1.29, 1.82) is 0 Å². The number of thiophene rings is 1. The van der Waals surface area contributed by atoms with Gasteiger partial charge in [-0.05, 0) is 30.2 Å². The van der Waals surface area contributed by atoms with E-state index in [2.05, 4.69) is 18.6 Å². The van der Waals surface area contributed by atoms with Crippen LogP contribution in [-0.4, -0.2) is 15.0 Å². The maximum atomic E-state index is 12.4. The van der Waals surface area contributed by atoms with Gasteiger partial charge in [0.1, 0.15) is 4.90 Å². The Bertz CT molecular complexity index is 509. The summed E-state index contributed by atoms with van der Waals surface area (Å²) in [5, 5.41) is 1.85. The lowest BCUT2D eigenvalue weighted by Crippen LogP contribution is -2.30. The summed E-state index contributed by atoms with van der Waals surface area (Å²) in [6, 6.07) is 0. The quantitative estimate of drug-likeness (QED) is 0.735. The molecule has 3 N–H and O–H groups in total. The van der Waals surface area contributed by atoms with E-state index in [1.165, 1.54) is 11.3 Å². The minimum atomic E-state index is -3.44. The minimum absolute atomic E-state index is 0.266. The summed E-state index contributed by atoms with van der Waals surface area (Å²) in [6.07, 6.45) is 4.35. The van der Waals surface area contributed by atoms with Gasteiger partial charge in [-0.1, -0.05) is 33.1 Å². The molecule has 0 aliphatic rings. The van der Waals surface area contributed by atoms with Crippen LogP contribution in [0.1, 0.15) is 50.0 Å². The number of hydrogen-bond acceptors (Lipinski definition) is 4. The van der Waals surface area contributed by atoms with Crippen molar-refractivity contribution in [2.75, 3.05) is 6.54 Å². The molecular weight excluding hydrogens is 292 g/mol. The molecule has 1 atom stereocenters. The molecule has 20 heavy (non-hydrogen) atoms. The van der Waals surface area contributed by atoms with Crippen LogP contribution in [0.25, 0.3) is 0 Å². The predicted molar refractivity (Wildman–Crippen MR) is 85.4 cm³/mol. The summed E-state index contributed by atoms with van der Waals surface area (Å²) in [5.74, 6) is 0.407. The fourth-order valence-electron chi connectivity index (χ4n) is 2.23. The van der Waals surface area contributed by atoms with Crippen LogP contribution in [0, 0.1) is 12.8 Å². The molecule has 0 fully saturated rings. The standard InChI is InChI=1S/C14H26N2O2S2/c1-4-6-7-12(5-2)9-16-20(17,18)14-11(3)10-19-13(14)8-15/h10,12,16H,4-9,15H2,1-3H3. The lowest BCUT2D eigenvalue weighted by molar-refractivity contribution is 0.443. The molecule has 0 saturated heterocycles. The first-order chi connectivity index (χ1) is 9.46. The first kappa shape index (κ1) is 17.6. The second-order valence-corrected chi connectivity index (χ2v) is 7.81. The van der Waals surface area contributed by atoms with Gasteiger partial charge in [0, 0.05) is 18.0 Å². The van der Waals surface area contributed by atoms with E-state index in [9.17, 15) is 8.42 Å². The van der Waals surface area contributed by atoms with Crippen molar-refractivity contribution in [1.82, 2.24) is 4.72 Å². The number of unbranched alkanes of at least 4 members (excludes halogenated alkanes) is 1. The molecule has 1 rings (SSSR count). The molecule has 1 aromatic rings. The van der Waals surface area contributed by atoms with Crippen molar-refractivity contribution >= 4 is 21.4 Å². The third-order valence-corrected chi connectivity index (χ3v) is 6.46. The van der Waals surface area contributed by atoms with E-state index in [1.807, 2.05) is 12.3 Å². The molecule has 4 nitrogen and oxygen atoms in total. The number of rotatable bonds is 9. The summed E-state index contributed by atoms with van der Waals surface area (Å²) < 4.78 is 27.6. The van der Waals surface area contributed by atoms with Crippen LogP contribution in [-0.2, 0) is 16.6 Å². The Kier molecular flexibility index (Phi) is 7.15. The Morgan fingerprint density at radius 1 is 1.40 bits per heavy atom. The van der Waals surface area contributed by atoms with Gasteiger partial charge in [0.2, 0.25) is 10.0 Å². The highest BCUT2D eigenvalue weighted by Crippen LogP contribution is 2.26. The number of sulfonamides is 1. The SMILES string of the molecule is CCCCC(CC)CNS(=O)(=O)c1c(C)csc1CN. The average Bonchev–Trinajstić information content (AvgIpc) is 2.81. The fourth-order valence-corrected chi connectivity index (χ4v) is 5.05. The highest BCUT2D eigenvalue weighted by Gasteiger charge is 2.23. The van der Waals surface area contributed by atoms with E-state index in [0.717, 1.165) is 36.1 Å². The Morgan fingerprint density at radius 3 is 2.65 bits per heavy atom. The van der Waals surface area contributed by atoms with Crippen LogP contribution in [0.2, 0.25) is 0 Å². The van der Waals surface area contributed by atoms with Crippen LogP contribution in [0.4, 0.5) is 0 Å². The molecule has 0 saturated carbocycles. The molecule has 0 aliphatic carbocycles. The minimum Gasteiger partial charge on any atom is -0.326 e. The first-order valence-electron chi connectivity index (χ1n) is 7.22. The summed E-state index contributed by atoms with van der Waals surface area (Å²) in [5.41, 5.74) is 6.41. The van der Waals surface area contributed by atoms with Crippen molar-refractivity contribution < 1.29 is 8.42 Å². The Labute approximate surface area is 126 Å². The third-order valence-electron chi connectivity index (χ3n) is 3.55. The van der Waals surface area contributed by atoms with E-state index < -0.39 is 10.0 Å². The molecule has 0 radical (unpaired) electrons. The van der Waals surface area contributed by atoms with E-state index >= 15 is 0 Å². The molecule has 1 heterocycles. The number of aryl methyl sites for hydroxylation is 1. The molecule has 0 aliphatic heterocycles. The van der Waals surface area contributed by atoms with E-state index in [0.29, 0.717) is 17.4 Å². The van der Waals surface area contributed by atoms with Gasteiger partial charge in [0.05, 0.1) is 0 Å². The molecule has 0 aromatic carbocycles. The van der Waals surface area contributed by atoms with Crippen molar-refractivity contribution in [2.45, 2.75) is 57.9 Å². The van der Waals surface area contributed by atoms with Crippen molar-refractivity contribution in [2.24, 2.45) is 11.7 Å². The third kappa shape index (κ3) is 4.55. The zero-order chi connectivity index (χ0) is 15.2. The molecule has 116 valence electrons. The van der Waals surface area contributed by atoms with Gasteiger partial charge in [-0.25, -0.2) is 13.1 Å². The Hall–Kier alpha value is -0.430. The van der Waals surface area contributed by atoms with Crippen LogP contribution in [0.15, 0.2) is 10.3 Å². The molecule has 0 amide bonds. The summed E-state index contributed by atoms with van der Waals surface area (Å²) >= 11 is 1.41. The molecule has 6 heteroatoms. The van der Waals surface area contributed by atoms with Gasteiger partial charge in [0.15, 0.2) is 0 Å². The molecule has 1 aromatic heterocycles. The monoisotopic (exact) mass is 318 g/mol. The highest BCUT2D eigenvalue weighted by atomic mass is 32.2. The first-order valence-corrected chi connectivity index (χ1v) is 9.59. The number of hydrogen-bond donors (Lipinski definition) is 2. The van der Waals surface area contributed by atoms with Gasteiger partial charge in [-0.2, -0.15) is 0 Å². The Balaban J connectivity index is 2.77. The van der Waals surface area contributed by atoms with Gasteiger partial charge < -0.3 is 5.73 Å². The topological polar surface area (TPSA) is 72.2 Å². The lowest BCUT2D eigenvalue weighted by Gasteiger charge is -2.16. The second kappa shape index (κ2) is 8.12. The summed E-state index contributed by atoms with van der Waals surface area (Å²) in [6.45, 7) is 6.85. The zero-order valence-electron chi connectivity index (χ0n) is 12.6. The van der Waals surface area contributed by atoms with Gasteiger partial charge >= 0.3 is 0 Å². The van der Waals surface area contributed by atoms with Crippen LogP contribution in [0.5, 0.6) is 0 Å². The normalized spacial score (nSPS) is 13.6. The highest BCUT2D eigenvalue weighted by molar-refractivity contribution is 7.89. The summed E-state index contributed by atoms with van der Waals surface area (Å²) in [4.78, 5) is 1.12. The van der Waals surface area contributed by atoms with Crippen LogP contribution in [0.3, 0.4) is 0 Å². The van der Waals surface area contributed by atoms with Gasteiger partial charge in [0.25, 0.3) is 0 Å². The van der Waals surface area contributed by atoms with Gasteiger partial charge in [-0.3, -0.25) is 0 Å². The maximum absolute atomic E-state index is 12.4. The molecule has 0 bridgehead atoms. The lowest BCUT2D eigenvalue weighted by atomic mass is 10.00. The van der Waals surface area contributed by atoms with Crippen LogP contribution < -0.4 is 10.5 Å². The number of nitrogens with one attached hydrogen (secondary N) is 1. The van der Waals surface area contributed by atoms with Crippen LogP contribution >= 0.6 is 11.3 Å². The van der Waals surface area contributed by atoms with Crippen molar-refractivity contribution in [3.63, 3.8) is 0 Å². The fraction of sp³-hybridized carbons (Fsp3) is 0.714. The molecular formula is C14H26N2O2S2. The van der Waals surface area contributed by atoms with E-state index in [-0.39, 0.29) is 6.54 Å². The van der Waals surface area contributed by atoms with Crippen molar-refractivity contribution in [3.8, 4) is 0 Å². The zero-order valence-corrected chi connectivity index (χ0v) is 14.2. The van der Waals surface area contributed by atoms with E-state index in [4.69, 9.17) is 5.73 Å². The molecule has 1 unspecified atom stereocenters. The average molecular weight is 319 g/mol. The second-order valence-electron chi connectivity index (χ2n) is 5.14.